The number of nitrogens with one attached hydrogen (secondary N) is 1. The smallest absolute Gasteiger partial charge is 0.255 e. The summed E-state index contributed by atoms with van der Waals surface area (Å²) in [4.78, 5) is 10.6. The van der Waals surface area contributed by atoms with Gasteiger partial charge in [-0.2, -0.15) is 5.10 Å². The number of hydrogen-bond acceptors (Lipinski definition) is 4. The minimum absolute atomic E-state index is 0.0999. The number of aryl methyl sites for hydroxylation is 1. The number of carbonyl (C=O) groups excluding carboxylic acids is 1. The van der Waals surface area contributed by atoms with Gasteiger partial charge in [-0.15, -0.1) is 0 Å². The molecule has 0 aliphatic carbocycles. The molecule has 0 atom stereocenters. The normalized spacial score (nSPS) is 10.4. The van der Waals surface area contributed by atoms with Crippen molar-refractivity contribution >= 4 is 5.91 Å². The minimum Gasteiger partial charge on any atom is -0.484 e. The first-order valence-electron chi connectivity index (χ1n) is 6.33. The Labute approximate surface area is 117 Å². The van der Waals surface area contributed by atoms with Crippen molar-refractivity contribution in [3.63, 3.8) is 0 Å². The lowest BCUT2D eigenvalue weighted by atomic mass is 10.2. The van der Waals surface area contributed by atoms with Gasteiger partial charge < -0.3 is 15.8 Å². The first-order valence-corrected chi connectivity index (χ1v) is 6.33. The van der Waals surface area contributed by atoms with Gasteiger partial charge in [0.2, 0.25) is 0 Å². The highest BCUT2D eigenvalue weighted by Crippen LogP contribution is 2.12. The summed E-state index contributed by atoms with van der Waals surface area (Å²) >= 11 is 0. The standard InChI is InChI=1S/C14H18N4O2/c1-18-7-6-12(17-18)9-16-8-11-2-4-13(5-3-11)20-10-14(15)19/h2-7,16H,8-10H2,1H3,(H2,15,19). The van der Waals surface area contributed by atoms with E-state index in [4.69, 9.17) is 10.5 Å². The Balaban J connectivity index is 1.77. The van der Waals surface area contributed by atoms with Crippen LogP contribution in [0.1, 0.15) is 11.3 Å². The molecule has 3 N–H and O–H groups in total. The summed E-state index contributed by atoms with van der Waals surface area (Å²) in [7, 11) is 1.90. The molecule has 20 heavy (non-hydrogen) atoms. The Morgan fingerprint density at radius 3 is 2.65 bits per heavy atom. The maximum atomic E-state index is 10.6. The van der Waals surface area contributed by atoms with Crippen LogP contribution in [0.3, 0.4) is 0 Å². The van der Waals surface area contributed by atoms with Crippen LogP contribution in [0.2, 0.25) is 0 Å². The molecule has 0 fully saturated rings. The summed E-state index contributed by atoms with van der Waals surface area (Å²) in [6.07, 6.45) is 1.92. The fourth-order valence-electron chi connectivity index (χ4n) is 1.75. The van der Waals surface area contributed by atoms with Crippen molar-refractivity contribution in [3.8, 4) is 5.75 Å². The van der Waals surface area contributed by atoms with Gasteiger partial charge in [-0.05, 0) is 23.8 Å². The molecule has 0 radical (unpaired) electrons. The Bertz CT molecular complexity index is 563. The van der Waals surface area contributed by atoms with Crippen LogP contribution in [0.25, 0.3) is 0 Å². The summed E-state index contributed by atoms with van der Waals surface area (Å²) in [6.45, 7) is 1.37. The van der Waals surface area contributed by atoms with Gasteiger partial charge in [0, 0.05) is 26.3 Å². The van der Waals surface area contributed by atoms with E-state index in [-0.39, 0.29) is 6.61 Å². The van der Waals surface area contributed by atoms with Gasteiger partial charge in [0.1, 0.15) is 5.75 Å². The van der Waals surface area contributed by atoms with Crippen LogP contribution < -0.4 is 15.8 Å². The zero-order chi connectivity index (χ0) is 14.4. The first kappa shape index (κ1) is 14.1. The molecular formula is C14H18N4O2. The molecule has 0 spiro atoms. The number of ether oxygens (including phenoxy) is 1. The number of nitrogens with zero attached hydrogens (tertiary/aromatic N) is 2. The van der Waals surface area contributed by atoms with Crippen LogP contribution in [0.15, 0.2) is 36.5 Å². The molecular weight excluding hydrogens is 256 g/mol. The SMILES string of the molecule is Cn1ccc(CNCc2ccc(OCC(N)=O)cc2)n1. The molecule has 0 bridgehead atoms. The Morgan fingerprint density at radius 1 is 1.30 bits per heavy atom. The van der Waals surface area contributed by atoms with Crippen molar-refractivity contribution in [1.29, 1.82) is 0 Å². The van der Waals surface area contributed by atoms with Crippen LogP contribution in [0.4, 0.5) is 0 Å². The molecule has 0 saturated heterocycles. The van der Waals surface area contributed by atoms with Gasteiger partial charge in [-0.1, -0.05) is 12.1 Å². The lowest BCUT2D eigenvalue weighted by Crippen LogP contribution is -2.20. The molecule has 2 rings (SSSR count). The number of carbonyl (C=O) groups is 1. The van der Waals surface area contributed by atoms with Gasteiger partial charge in [-0.25, -0.2) is 0 Å². The van der Waals surface area contributed by atoms with E-state index in [0.29, 0.717) is 5.75 Å². The number of rotatable bonds is 7. The number of nitrogens with two attached hydrogens (primary N) is 1. The summed E-state index contributed by atoms with van der Waals surface area (Å²) in [5, 5.41) is 7.60. The van der Waals surface area contributed by atoms with Gasteiger partial charge in [0.05, 0.1) is 5.69 Å². The van der Waals surface area contributed by atoms with E-state index in [1.165, 1.54) is 0 Å². The van der Waals surface area contributed by atoms with E-state index in [2.05, 4.69) is 10.4 Å². The number of hydrogen-bond donors (Lipinski definition) is 2. The van der Waals surface area contributed by atoms with Gasteiger partial charge in [-0.3, -0.25) is 9.48 Å². The fraction of sp³-hybridized carbons (Fsp3) is 0.286. The van der Waals surface area contributed by atoms with Crippen molar-refractivity contribution in [1.82, 2.24) is 15.1 Å². The summed E-state index contributed by atoms with van der Waals surface area (Å²) in [5.41, 5.74) is 7.15. The van der Waals surface area contributed by atoms with Crippen LogP contribution >= 0.6 is 0 Å². The average molecular weight is 274 g/mol. The lowest BCUT2D eigenvalue weighted by Gasteiger charge is -2.06. The zero-order valence-corrected chi connectivity index (χ0v) is 11.4. The van der Waals surface area contributed by atoms with E-state index in [1.807, 2.05) is 43.6 Å². The maximum Gasteiger partial charge on any atom is 0.255 e. The van der Waals surface area contributed by atoms with Gasteiger partial charge >= 0.3 is 0 Å². The highest BCUT2D eigenvalue weighted by atomic mass is 16.5. The third-order valence-corrected chi connectivity index (χ3v) is 2.71. The first-order chi connectivity index (χ1) is 9.63. The summed E-state index contributed by atoms with van der Waals surface area (Å²) < 4.78 is 6.97. The summed E-state index contributed by atoms with van der Waals surface area (Å²) in [5.74, 6) is 0.156. The highest BCUT2D eigenvalue weighted by Gasteiger charge is 1.99. The highest BCUT2D eigenvalue weighted by molar-refractivity contribution is 5.75. The molecule has 1 aromatic heterocycles. The van der Waals surface area contributed by atoms with Crippen molar-refractivity contribution in [2.45, 2.75) is 13.1 Å². The molecule has 6 nitrogen and oxygen atoms in total. The average Bonchev–Trinajstić information content (AvgIpc) is 2.83. The van der Waals surface area contributed by atoms with E-state index in [9.17, 15) is 4.79 Å². The van der Waals surface area contributed by atoms with E-state index in [1.54, 1.807) is 4.68 Å². The number of benzene rings is 1. The topological polar surface area (TPSA) is 82.2 Å². The second-order valence-corrected chi connectivity index (χ2v) is 4.48. The Morgan fingerprint density at radius 2 is 2.05 bits per heavy atom. The van der Waals surface area contributed by atoms with Crippen LogP contribution in [-0.2, 0) is 24.9 Å². The van der Waals surface area contributed by atoms with Crippen molar-refractivity contribution in [2.75, 3.05) is 6.61 Å². The minimum atomic E-state index is -0.480. The van der Waals surface area contributed by atoms with Crippen LogP contribution in [0.5, 0.6) is 5.75 Å². The van der Waals surface area contributed by atoms with E-state index in [0.717, 1.165) is 24.3 Å². The second-order valence-electron chi connectivity index (χ2n) is 4.48. The molecule has 0 unspecified atom stereocenters. The molecule has 2 aromatic rings. The largest absolute Gasteiger partial charge is 0.484 e. The second kappa shape index (κ2) is 6.72. The molecule has 6 heteroatoms. The molecule has 0 saturated carbocycles. The van der Waals surface area contributed by atoms with Crippen molar-refractivity contribution in [3.05, 3.63) is 47.8 Å². The van der Waals surface area contributed by atoms with E-state index < -0.39 is 5.91 Å². The number of aromatic nitrogens is 2. The van der Waals surface area contributed by atoms with E-state index >= 15 is 0 Å². The van der Waals surface area contributed by atoms with Gasteiger partial charge in [0.25, 0.3) is 5.91 Å². The molecule has 106 valence electrons. The summed E-state index contributed by atoms with van der Waals surface area (Å²) in [6, 6.07) is 9.51. The number of amides is 1. The Hall–Kier alpha value is -2.34. The molecule has 0 aliphatic rings. The molecule has 0 aliphatic heterocycles. The van der Waals surface area contributed by atoms with Crippen LogP contribution in [0, 0.1) is 0 Å². The third-order valence-electron chi connectivity index (χ3n) is 2.71. The molecule has 1 amide bonds. The number of primary amides is 1. The molecule has 1 aromatic carbocycles. The predicted octanol–water partition coefficient (Wildman–Crippen LogP) is 0.574. The zero-order valence-electron chi connectivity index (χ0n) is 11.4. The van der Waals surface area contributed by atoms with Crippen molar-refractivity contribution < 1.29 is 9.53 Å². The lowest BCUT2D eigenvalue weighted by molar-refractivity contribution is -0.119. The predicted molar refractivity (Wildman–Crippen MR) is 74.9 cm³/mol. The fourth-order valence-corrected chi connectivity index (χ4v) is 1.75. The third kappa shape index (κ3) is 4.40. The monoisotopic (exact) mass is 274 g/mol. The van der Waals surface area contributed by atoms with Gasteiger partial charge in [0.15, 0.2) is 6.61 Å². The molecule has 1 heterocycles. The quantitative estimate of drug-likeness (QED) is 0.773. The van der Waals surface area contributed by atoms with Crippen molar-refractivity contribution in [2.24, 2.45) is 12.8 Å². The maximum absolute atomic E-state index is 10.6. The Kier molecular flexibility index (Phi) is 4.73. The van der Waals surface area contributed by atoms with Crippen LogP contribution in [-0.4, -0.2) is 22.3 Å².